The van der Waals surface area contributed by atoms with Crippen molar-refractivity contribution in [3.05, 3.63) is 83.2 Å². The molecular weight excluding hydrogens is 385 g/mol. The van der Waals surface area contributed by atoms with E-state index in [0.717, 1.165) is 22.4 Å². The predicted molar refractivity (Wildman–Crippen MR) is 112 cm³/mol. The van der Waals surface area contributed by atoms with Gasteiger partial charge in [0.05, 0.1) is 33.8 Å². The fraction of sp³-hybridized carbons (Fsp3) is 0.208. The van der Waals surface area contributed by atoms with Crippen LogP contribution in [0, 0.1) is 5.82 Å². The number of rotatable bonds is 5. The van der Waals surface area contributed by atoms with Crippen molar-refractivity contribution >= 4 is 11.6 Å². The lowest BCUT2D eigenvalue weighted by Crippen LogP contribution is -2.41. The van der Waals surface area contributed by atoms with Crippen LogP contribution in [0.1, 0.15) is 22.7 Å². The van der Waals surface area contributed by atoms with E-state index in [1.807, 2.05) is 36.4 Å². The van der Waals surface area contributed by atoms with Crippen LogP contribution in [0.25, 0.3) is 0 Å². The summed E-state index contributed by atoms with van der Waals surface area (Å²) in [6.07, 6.45) is 0.208. The second-order valence-electron chi connectivity index (χ2n) is 7.00. The molecule has 0 aromatic heterocycles. The van der Waals surface area contributed by atoms with Gasteiger partial charge in [0.2, 0.25) is 5.91 Å². The number of hydrogen-bond acceptors (Lipinski definition) is 4. The van der Waals surface area contributed by atoms with Gasteiger partial charge in [0.25, 0.3) is 0 Å². The number of amides is 1. The van der Waals surface area contributed by atoms with E-state index in [9.17, 15) is 9.18 Å². The first-order valence-electron chi connectivity index (χ1n) is 9.52. The fourth-order valence-electron chi connectivity index (χ4n) is 3.89. The van der Waals surface area contributed by atoms with Gasteiger partial charge in [-0.05, 0) is 65.2 Å². The van der Waals surface area contributed by atoms with E-state index in [4.69, 9.17) is 14.2 Å². The van der Waals surface area contributed by atoms with Crippen molar-refractivity contribution in [2.75, 3.05) is 26.2 Å². The molecule has 1 aliphatic rings. The minimum atomic E-state index is -0.405. The summed E-state index contributed by atoms with van der Waals surface area (Å²) in [5, 5.41) is 0. The van der Waals surface area contributed by atoms with Gasteiger partial charge in [-0.1, -0.05) is 12.1 Å². The van der Waals surface area contributed by atoms with E-state index in [-0.39, 0.29) is 18.1 Å². The summed E-state index contributed by atoms with van der Waals surface area (Å²) in [5.74, 6) is 1.45. The summed E-state index contributed by atoms with van der Waals surface area (Å²) in [7, 11) is 4.76. The number of fused-ring (bicyclic) bond motifs is 1. The zero-order valence-corrected chi connectivity index (χ0v) is 17.0. The molecule has 1 atom stereocenters. The number of carbonyl (C=O) groups is 1. The number of methoxy groups -OCH3 is 3. The van der Waals surface area contributed by atoms with E-state index < -0.39 is 6.04 Å². The highest BCUT2D eigenvalue weighted by Crippen LogP contribution is 2.43. The molecular formula is C24H22FNO4. The average molecular weight is 407 g/mol. The molecule has 0 unspecified atom stereocenters. The monoisotopic (exact) mass is 407 g/mol. The third kappa shape index (κ3) is 3.45. The van der Waals surface area contributed by atoms with Gasteiger partial charge in [0.15, 0.2) is 11.5 Å². The van der Waals surface area contributed by atoms with E-state index >= 15 is 0 Å². The Kier molecular flexibility index (Phi) is 5.31. The van der Waals surface area contributed by atoms with Crippen molar-refractivity contribution in [2.24, 2.45) is 0 Å². The standard InChI is InChI=1S/C24H22FNO4/c1-28-19-10-4-15(5-11-19)24-20-14-22(30-3)21(29-2)12-16(20)13-23(27)26(24)18-8-6-17(25)7-9-18/h4-12,14,24H,13H2,1-3H3/t24-/m1/s1. The zero-order valence-electron chi connectivity index (χ0n) is 17.0. The van der Waals surface area contributed by atoms with Gasteiger partial charge in [-0.25, -0.2) is 4.39 Å². The molecule has 0 spiro atoms. The van der Waals surface area contributed by atoms with Crippen molar-refractivity contribution < 1.29 is 23.4 Å². The lowest BCUT2D eigenvalue weighted by molar-refractivity contribution is -0.118. The molecule has 5 nitrogen and oxygen atoms in total. The Bertz CT molecular complexity index is 1060. The van der Waals surface area contributed by atoms with Crippen LogP contribution < -0.4 is 19.1 Å². The molecule has 0 aliphatic carbocycles. The third-order valence-corrected chi connectivity index (χ3v) is 5.34. The third-order valence-electron chi connectivity index (χ3n) is 5.34. The van der Waals surface area contributed by atoms with Crippen LogP contribution in [-0.4, -0.2) is 27.2 Å². The smallest absolute Gasteiger partial charge is 0.232 e. The van der Waals surface area contributed by atoms with Crippen LogP contribution in [-0.2, 0) is 11.2 Å². The Morgan fingerprint density at radius 1 is 0.867 bits per heavy atom. The fourth-order valence-corrected chi connectivity index (χ4v) is 3.89. The minimum absolute atomic E-state index is 0.0813. The van der Waals surface area contributed by atoms with Crippen molar-refractivity contribution in [1.29, 1.82) is 0 Å². The molecule has 0 saturated carbocycles. The summed E-state index contributed by atoms with van der Waals surface area (Å²) in [6, 6.07) is 16.9. The highest BCUT2D eigenvalue weighted by atomic mass is 19.1. The minimum Gasteiger partial charge on any atom is -0.497 e. The molecule has 0 saturated heterocycles. The van der Waals surface area contributed by atoms with Gasteiger partial charge in [-0.15, -0.1) is 0 Å². The van der Waals surface area contributed by atoms with Crippen LogP contribution in [0.4, 0.5) is 10.1 Å². The second kappa shape index (κ2) is 8.06. The van der Waals surface area contributed by atoms with Gasteiger partial charge in [-0.3, -0.25) is 4.79 Å². The van der Waals surface area contributed by atoms with Crippen LogP contribution in [0.2, 0.25) is 0 Å². The van der Waals surface area contributed by atoms with Crippen molar-refractivity contribution in [3.63, 3.8) is 0 Å². The van der Waals surface area contributed by atoms with Gasteiger partial charge in [0.1, 0.15) is 11.6 Å². The predicted octanol–water partition coefficient (Wildman–Crippen LogP) is 4.53. The molecule has 30 heavy (non-hydrogen) atoms. The topological polar surface area (TPSA) is 48.0 Å². The molecule has 0 radical (unpaired) electrons. The first-order valence-corrected chi connectivity index (χ1v) is 9.52. The SMILES string of the molecule is COc1ccc([C@@H]2c3cc(OC)c(OC)cc3CC(=O)N2c2ccc(F)cc2)cc1. The second-order valence-corrected chi connectivity index (χ2v) is 7.00. The summed E-state index contributed by atoms with van der Waals surface area (Å²) >= 11 is 0. The first kappa shape index (κ1) is 19.8. The Balaban J connectivity index is 1.92. The van der Waals surface area contributed by atoms with Crippen LogP contribution in [0.5, 0.6) is 17.2 Å². The lowest BCUT2D eigenvalue weighted by Gasteiger charge is -2.38. The summed E-state index contributed by atoms with van der Waals surface area (Å²) in [6.45, 7) is 0. The van der Waals surface area contributed by atoms with E-state index in [0.29, 0.717) is 17.2 Å². The van der Waals surface area contributed by atoms with Crippen LogP contribution in [0.15, 0.2) is 60.7 Å². The Morgan fingerprint density at radius 2 is 1.50 bits per heavy atom. The average Bonchev–Trinajstić information content (AvgIpc) is 2.78. The highest BCUT2D eigenvalue weighted by Gasteiger charge is 2.36. The maximum absolute atomic E-state index is 13.5. The van der Waals surface area contributed by atoms with E-state index in [1.165, 1.54) is 12.1 Å². The van der Waals surface area contributed by atoms with E-state index in [1.54, 1.807) is 38.4 Å². The number of carbonyl (C=O) groups excluding carboxylic acids is 1. The Labute approximate surface area is 174 Å². The number of hydrogen-bond donors (Lipinski definition) is 0. The number of ether oxygens (including phenoxy) is 3. The van der Waals surface area contributed by atoms with Gasteiger partial charge in [0, 0.05) is 5.69 Å². The molecule has 0 bridgehead atoms. The van der Waals surface area contributed by atoms with Gasteiger partial charge < -0.3 is 19.1 Å². The highest BCUT2D eigenvalue weighted by molar-refractivity contribution is 5.98. The van der Waals surface area contributed by atoms with Crippen molar-refractivity contribution in [3.8, 4) is 17.2 Å². The normalized spacial score (nSPS) is 15.5. The number of halogens is 1. The molecule has 3 aromatic carbocycles. The molecule has 0 N–H and O–H groups in total. The van der Waals surface area contributed by atoms with E-state index in [2.05, 4.69) is 0 Å². The van der Waals surface area contributed by atoms with Gasteiger partial charge >= 0.3 is 0 Å². The molecule has 154 valence electrons. The van der Waals surface area contributed by atoms with Crippen molar-refractivity contribution in [2.45, 2.75) is 12.5 Å². The van der Waals surface area contributed by atoms with Gasteiger partial charge in [-0.2, -0.15) is 0 Å². The molecule has 4 rings (SSSR count). The Hall–Kier alpha value is -3.54. The maximum Gasteiger partial charge on any atom is 0.232 e. The summed E-state index contributed by atoms with van der Waals surface area (Å²) in [4.78, 5) is 14.9. The molecule has 1 heterocycles. The summed E-state index contributed by atoms with van der Waals surface area (Å²) in [5.41, 5.74) is 3.34. The maximum atomic E-state index is 13.5. The molecule has 1 amide bonds. The Morgan fingerprint density at radius 3 is 2.10 bits per heavy atom. The number of anilines is 1. The van der Waals surface area contributed by atoms with Crippen molar-refractivity contribution in [1.82, 2.24) is 0 Å². The molecule has 6 heteroatoms. The molecule has 3 aromatic rings. The zero-order chi connectivity index (χ0) is 21.3. The first-order chi connectivity index (χ1) is 14.5. The van der Waals surface area contributed by atoms with Crippen LogP contribution in [0.3, 0.4) is 0 Å². The number of benzene rings is 3. The summed E-state index contributed by atoms with van der Waals surface area (Å²) < 4.78 is 29.7. The largest absolute Gasteiger partial charge is 0.497 e. The molecule has 1 aliphatic heterocycles. The lowest BCUT2D eigenvalue weighted by atomic mass is 9.86. The molecule has 0 fully saturated rings. The van der Waals surface area contributed by atoms with Crippen LogP contribution >= 0.6 is 0 Å². The number of nitrogens with zero attached hydrogens (tertiary/aromatic N) is 1. The quantitative estimate of drug-likeness (QED) is 0.624.